The van der Waals surface area contributed by atoms with Crippen LogP contribution in [0.25, 0.3) is 0 Å². The zero-order valence-corrected chi connectivity index (χ0v) is 18.4. The molecule has 160 valence electrons. The van der Waals surface area contributed by atoms with Gasteiger partial charge in [-0.2, -0.15) is 0 Å². The van der Waals surface area contributed by atoms with Gasteiger partial charge in [-0.1, -0.05) is 12.1 Å². The lowest BCUT2D eigenvalue weighted by atomic mass is 10.2. The third kappa shape index (κ3) is 4.23. The van der Waals surface area contributed by atoms with Gasteiger partial charge in [0, 0.05) is 43.5 Å². The number of anilines is 2. The van der Waals surface area contributed by atoms with Crippen LogP contribution in [0.4, 0.5) is 11.4 Å². The summed E-state index contributed by atoms with van der Waals surface area (Å²) >= 11 is 0. The zero-order chi connectivity index (χ0) is 21.3. The Morgan fingerprint density at radius 2 is 1.80 bits per heavy atom. The topological polar surface area (TPSA) is 69.7 Å². The fraction of sp³-hybridized carbons (Fsp3) is 0.435. The molecule has 1 aliphatic carbocycles. The van der Waals surface area contributed by atoms with E-state index in [0.29, 0.717) is 13.0 Å². The SMILES string of the molecule is CCN(CC)c1ccc(CNS(=O)(=O)c2ccc3c(c2)CCN3C(=O)C2CC2)cc1. The van der Waals surface area contributed by atoms with E-state index in [2.05, 4.69) is 23.5 Å². The minimum Gasteiger partial charge on any atom is -0.372 e. The van der Waals surface area contributed by atoms with Crippen molar-refractivity contribution in [1.82, 2.24) is 4.72 Å². The molecule has 1 amide bonds. The van der Waals surface area contributed by atoms with E-state index in [9.17, 15) is 13.2 Å². The predicted octanol–water partition coefficient (Wildman–Crippen LogP) is 3.31. The molecule has 1 N–H and O–H groups in total. The van der Waals surface area contributed by atoms with Crippen LogP contribution in [-0.2, 0) is 27.8 Å². The lowest BCUT2D eigenvalue weighted by Crippen LogP contribution is -2.30. The second kappa shape index (κ2) is 8.40. The normalized spacial score (nSPS) is 15.9. The van der Waals surface area contributed by atoms with Gasteiger partial charge >= 0.3 is 0 Å². The Bertz CT molecular complexity index is 1030. The van der Waals surface area contributed by atoms with Crippen LogP contribution in [0.15, 0.2) is 47.4 Å². The van der Waals surface area contributed by atoms with Gasteiger partial charge in [0.25, 0.3) is 0 Å². The Labute approximate surface area is 178 Å². The van der Waals surface area contributed by atoms with Gasteiger partial charge in [0.1, 0.15) is 0 Å². The van der Waals surface area contributed by atoms with E-state index in [1.165, 1.54) is 0 Å². The van der Waals surface area contributed by atoms with E-state index in [4.69, 9.17) is 0 Å². The summed E-state index contributed by atoms with van der Waals surface area (Å²) < 4.78 is 28.3. The van der Waals surface area contributed by atoms with Crippen LogP contribution >= 0.6 is 0 Å². The molecule has 0 radical (unpaired) electrons. The van der Waals surface area contributed by atoms with Crippen molar-refractivity contribution >= 4 is 27.3 Å². The Hall–Kier alpha value is -2.38. The summed E-state index contributed by atoms with van der Waals surface area (Å²) in [6, 6.07) is 13.1. The molecule has 0 spiro atoms. The van der Waals surface area contributed by atoms with Gasteiger partial charge in [-0.05, 0) is 74.6 Å². The molecule has 1 heterocycles. The molecule has 0 aromatic heterocycles. The maximum atomic E-state index is 12.8. The molecule has 2 aromatic carbocycles. The van der Waals surface area contributed by atoms with E-state index in [-0.39, 0.29) is 23.3 Å². The first-order chi connectivity index (χ1) is 14.4. The number of nitrogens with one attached hydrogen (secondary N) is 1. The maximum absolute atomic E-state index is 12.8. The van der Waals surface area contributed by atoms with Crippen LogP contribution in [0.1, 0.15) is 37.8 Å². The number of sulfonamides is 1. The van der Waals surface area contributed by atoms with Crippen molar-refractivity contribution in [1.29, 1.82) is 0 Å². The number of hydrogen-bond donors (Lipinski definition) is 1. The molecular formula is C23H29N3O3S. The first-order valence-corrected chi connectivity index (χ1v) is 12.2. The third-order valence-corrected chi connectivity index (χ3v) is 7.38. The molecule has 6 nitrogen and oxygen atoms in total. The van der Waals surface area contributed by atoms with Gasteiger partial charge in [0.2, 0.25) is 15.9 Å². The standard InChI is InChI=1S/C23H29N3O3S/c1-3-25(4-2)20-9-5-17(6-10-20)16-24-30(28,29)21-11-12-22-19(15-21)13-14-26(22)23(27)18-7-8-18/h5-6,9-12,15,18,24H,3-4,7-8,13-14,16H2,1-2H3. The fourth-order valence-corrected chi connectivity index (χ4v) is 5.07. The summed E-state index contributed by atoms with van der Waals surface area (Å²) in [6.07, 6.45) is 2.64. The quantitative estimate of drug-likeness (QED) is 0.702. The summed E-state index contributed by atoms with van der Waals surface area (Å²) in [5, 5.41) is 0. The Kier molecular flexibility index (Phi) is 5.84. The molecule has 0 bridgehead atoms. The Balaban J connectivity index is 1.43. The van der Waals surface area contributed by atoms with Gasteiger partial charge < -0.3 is 9.80 Å². The highest BCUT2D eigenvalue weighted by molar-refractivity contribution is 7.89. The summed E-state index contributed by atoms with van der Waals surface area (Å²) in [5.41, 5.74) is 3.83. The number of rotatable bonds is 8. The van der Waals surface area contributed by atoms with Crippen molar-refractivity contribution in [2.45, 2.75) is 44.6 Å². The molecule has 2 aliphatic rings. The van der Waals surface area contributed by atoms with Crippen molar-refractivity contribution < 1.29 is 13.2 Å². The third-order valence-electron chi connectivity index (χ3n) is 5.98. The average molecular weight is 428 g/mol. The van der Waals surface area contributed by atoms with E-state index in [1.807, 2.05) is 29.2 Å². The van der Waals surface area contributed by atoms with Crippen molar-refractivity contribution in [2.24, 2.45) is 5.92 Å². The fourth-order valence-electron chi connectivity index (χ4n) is 4.00. The molecule has 30 heavy (non-hydrogen) atoms. The van der Waals surface area contributed by atoms with Crippen LogP contribution in [0, 0.1) is 5.92 Å². The summed E-state index contributed by atoms with van der Waals surface area (Å²) in [6.45, 7) is 6.98. The number of fused-ring (bicyclic) bond motifs is 1. The lowest BCUT2D eigenvalue weighted by Gasteiger charge is -2.21. The molecule has 0 saturated heterocycles. The van der Waals surface area contributed by atoms with Crippen molar-refractivity contribution in [3.63, 3.8) is 0 Å². The second-order valence-corrected chi connectivity index (χ2v) is 9.73. The van der Waals surface area contributed by atoms with Gasteiger partial charge in [-0.15, -0.1) is 0 Å². The highest BCUT2D eigenvalue weighted by atomic mass is 32.2. The van der Waals surface area contributed by atoms with Gasteiger partial charge in [0.05, 0.1) is 4.90 Å². The van der Waals surface area contributed by atoms with Gasteiger partial charge in [-0.3, -0.25) is 4.79 Å². The monoisotopic (exact) mass is 427 g/mol. The molecule has 4 rings (SSSR count). The first-order valence-electron chi connectivity index (χ1n) is 10.7. The van der Waals surface area contributed by atoms with Crippen LogP contribution in [0.2, 0.25) is 0 Å². The summed E-state index contributed by atoms with van der Waals surface area (Å²) in [4.78, 5) is 16.7. The molecule has 1 saturated carbocycles. The number of carbonyl (C=O) groups excluding carboxylic acids is 1. The predicted molar refractivity (Wildman–Crippen MR) is 119 cm³/mol. The summed E-state index contributed by atoms with van der Waals surface area (Å²) in [7, 11) is -3.62. The molecule has 0 unspecified atom stereocenters. The van der Waals surface area contributed by atoms with Gasteiger partial charge in [0.15, 0.2) is 0 Å². The number of amides is 1. The minimum absolute atomic E-state index is 0.161. The van der Waals surface area contributed by atoms with E-state index >= 15 is 0 Å². The zero-order valence-electron chi connectivity index (χ0n) is 17.6. The molecule has 0 atom stereocenters. The maximum Gasteiger partial charge on any atom is 0.240 e. The van der Waals surface area contributed by atoms with Crippen LogP contribution < -0.4 is 14.5 Å². The molecule has 1 fully saturated rings. The van der Waals surface area contributed by atoms with Crippen molar-refractivity contribution in [3.8, 4) is 0 Å². The molecule has 2 aromatic rings. The number of hydrogen-bond acceptors (Lipinski definition) is 4. The van der Waals surface area contributed by atoms with E-state index in [1.54, 1.807) is 18.2 Å². The first kappa shape index (κ1) is 20.9. The minimum atomic E-state index is -3.62. The van der Waals surface area contributed by atoms with Gasteiger partial charge in [-0.25, -0.2) is 13.1 Å². The van der Waals surface area contributed by atoms with Crippen LogP contribution in [-0.4, -0.2) is 34.0 Å². The largest absolute Gasteiger partial charge is 0.372 e. The lowest BCUT2D eigenvalue weighted by molar-refractivity contribution is -0.119. The Morgan fingerprint density at radius 1 is 1.10 bits per heavy atom. The Morgan fingerprint density at radius 3 is 2.43 bits per heavy atom. The number of carbonyl (C=O) groups is 1. The van der Waals surface area contributed by atoms with Crippen molar-refractivity contribution in [2.75, 3.05) is 29.4 Å². The molecule has 7 heteroatoms. The molecular weight excluding hydrogens is 398 g/mol. The molecule has 1 aliphatic heterocycles. The smallest absolute Gasteiger partial charge is 0.240 e. The number of benzene rings is 2. The van der Waals surface area contributed by atoms with E-state index in [0.717, 1.165) is 48.4 Å². The van der Waals surface area contributed by atoms with Crippen LogP contribution in [0.3, 0.4) is 0 Å². The van der Waals surface area contributed by atoms with Crippen molar-refractivity contribution in [3.05, 3.63) is 53.6 Å². The highest BCUT2D eigenvalue weighted by Gasteiger charge is 2.36. The second-order valence-electron chi connectivity index (χ2n) is 7.97. The summed E-state index contributed by atoms with van der Waals surface area (Å²) in [5.74, 6) is 0.338. The number of nitrogens with zero attached hydrogens (tertiary/aromatic N) is 2. The highest BCUT2D eigenvalue weighted by Crippen LogP contribution is 2.37. The van der Waals surface area contributed by atoms with E-state index < -0.39 is 10.0 Å². The van der Waals surface area contributed by atoms with Crippen LogP contribution in [0.5, 0.6) is 0 Å². The average Bonchev–Trinajstić information content (AvgIpc) is 3.52.